The van der Waals surface area contributed by atoms with Gasteiger partial charge in [0.1, 0.15) is 5.75 Å². The van der Waals surface area contributed by atoms with E-state index in [0.29, 0.717) is 13.0 Å². The molecule has 0 atom stereocenters. The molecule has 0 unspecified atom stereocenters. The molecule has 0 radical (unpaired) electrons. The third kappa shape index (κ3) is 5.57. The Morgan fingerprint density at radius 2 is 1.95 bits per heavy atom. The topological polar surface area (TPSA) is 43.8 Å². The van der Waals surface area contributed by atoms with Gasteiger partial charge in [0.05, 0.1) is 0 Å². The van der Waals surface area contributed by atoms with Gasteiger partial charge in [-0.15, -0.1) is 0 Å². The van der Waals surface area contributed by atoms with Gasteiger partial charge in [-0.1, -0.05) is 24.3 Å². The molecule has 104 valence electrons. The summed E-state index contributed by atoms with van der Waals surface area (Å²) >= 11 is 0. The number of phenolic OH excluding ortho intramolecular Hbond substituents is 1. The van der Waals surface area contributed by atoms with Crippen LogP contribution in [0, 0.1) is 0 Å². The first kappa shape index (κ1) is 15.2. The normalized spacial score (nSPS) is 11.2. The van der Waals surface area contributed by atoms with Crippen LogP contribution in [-0.4, -0.2) is 55.0 Å². The standard InChI is InChI=1S/C15H22N2O2/c1-16(2)11-6-9-15(19)17(3)12-10-13-7-4-5-8-14(13)18/h4-9,18H,10-12H2,1-3H3/b9-6+. The summed E-state index contributed by atoms with van der Waals surface area (Å²) in [4.78, 5) is 15.4. The van der Waals surface area contributed by atoms with Crippen LogP contribution in [0.25, 0.3) is 0 Å². The zero-order chi connectivity index (χ0) is 14.3. The number of phenols is 1. The summed E-state index contributed by atoms with van der Waals surface area (Å²) in [6.45, 7) is 1.34. The molecule has 0 aliphatic heterocycles. The fourth-order valence-electron chi connectivity index (χ4n) is 1.61. The van der Waals surface area contributed by atoms with Gasteiger partial charge in [-0.3, -0.25) is 4.79 Å². The average Bonchev–Trinajstić information content (AvgIpc) is 2.36. The Hall–Kier alpha value is -1.81. The van der Waals surface area contributed by atoms with E-state index in [1.54, 1.807) is 30.2 Å². The number of carbonyl (C=O) groups excluding carboxylic acids is 1. The van der Waals surface area contributed by atoms with Crippen molar-refractivity contribution in [2.75, 3.05) is 34.2 Å². The number of amides is 1. The quantitative estimate of drug-likeness (QED) is 0.790. The molecular weight excluding hydrogens is 240 g/mol. The van der Waals surface area contributed by atoms with Gasteiger partial charge in [0, 0.05) is 26.2 Å². The van der Waals surface area contributed by atoms with E-state index in [1.165, 1.54) is 0 Å². The van der Waals surface area contributed by atoms with Crippen LogP contribution in [-0.2, 0) is 11.2 Å². The molecule has 4 nitrogen and oxygen atoms in total. The van der Waals surface area contributed by atoms with Crippen LogP contribution in [0.2, 0.25) is 0 Å². The first-order valence-corrected chi connectivity index (χ1v) is 6.34. The second-order valence-electron chi connectivity index (χ2n) is 4.80. The first-order valence-electron chi connectivity index (χ1n) is 6.34. The van der Waals surface area contributed by atoms with Gasteiger partial charge in [0.25, 0.3) is 0 Å². The first-order chi connectivity index (χ1) is 9.00. The molecule has 1 N–H and O–H groups in total. The number of benzene rings is 1. The van der Waals surface area contributed by atoms with Crippen molar-refractivity contribution in [2.45, 2.75) is 6.42 Å². The summed E-state index contributed by atoms with van der Waals surface area (Å²) in [5.41, 5.74) is 0.861. The minimum atomic E-state index is -0.0164. The Kier molecular flexibility index (Phi) is 6.09. The van der Waals surface area contributed by atoms with Crippen LogP contribution in [0.4, 0.5) is 0 Å². The summed E-state index contributed by atoms with van der Waals surface area (Å²) in [6.07, 6.45) is 4.08. The molecule has 0 saturated heterocycles. The minimum Gasteiger partial charge on any atom is -0.508 e. The number of carbonyl (C=O) groups is 1. The maximum Gasteiger partial charge on any atom is 0.246 e. The average molecular weight is 262 g/mol. The highest BCUT2D eigenvalue weighted by molar-refractivity contribution is 5.87. The predicted octanol–water partition coefficient (Wildman–Crippen LogP) is 1.51. The van der Waals surface area contributed by atoms with E-state index in [0.717, 1.165) is 12.1 Å². The number of hydrogen-bond acceptors (Lipinski definition) is 3. The van der Waals surface area contributed by atoms with Crippen LogP contribution < -0.4 is 0 Å². The smallest absolute Gasteiger partial charge is 0.246 e. The van der Waals surface area contributed by atoms with E-state index in [2.05, 4.69) is 0 Å². The molecule has 1 rings (SSSR count). The van der Waals surface area contributed by atoms with E-state index >= 15 is 0 Å². The molecule has 0 heterocycles. The van der Waals surface area contributed by atoms with Crippen molar-refractivity contribution >= 4 is 5.91 Å². The molecule has 0 fully saturated rings. The van der Waals surface area contributed by atoms with Crippen molar-refractivity contribution in [3.8, 4) is 5.75 Å². The molecule has 4 heteroatoms. The lowest BCUT2D eigenvalue weighted by Gasteiger charge is -2.15. The number of likely N-dealkylation sites (N-methyl/N-ethyl adjacent to an activating group) is 2. The molecule has 1 aromatic carbocycles. The van der Waals surface area contributed by atoms with Gasteiger partial charge in [0.2, 0.25) is 5.91 Å². The highest BCUT2D eigenvalue weighted by atomic mass is 16.3. The van der Waals surface area contributed by atoms with Crippen molar-refractivity contribution < 1.29 is 9.90 Å². The van der Waals surface area contributed by atoms with Gasteiger partial charge in [0.15, 0.2) is 0 Å². The lowest BCUT2D eigenvalue weighted by Crippen LogP contribution is -2.27. The van der Waals surface area contributed by atoms with Crippen molar-refractivity contribution in [3.05, 3.63) is 42.0 Å². The van der Waals surface area contributed by atoms with Crippen LogP contribution in [0.5, 0.6) is 5.75 Å². The fraction of sp³-hybridized carbons (Fsp3) is 0.400. The van der Waals surface area contributed by atoms with Crippen LogP contribution in [0.3, 0.4) is 0 Å². The Bertz CT molecular complexity index is 442. The van der Waals surface area contributed by atoms with Gasteiger partial charge < -0.3 is 14.9 Å². The van der Waals surface area contributed by atoms with E-state index in [9.17, 15) is 9.90 Å². The molecule has 0 aliphatic rings. The third-order valence-corrected chi connectivity index (χ3v) is 2.82. The minimum absolute atomic E-state index is 0.0164. The number of aromatic hydroxyl groups is 1. The van der Waals surface area contributed by atoms with E-state index in [4.69, 9.17) is 0 Å². The molecule has 0 saturated carbocycles. The van der Waals surface area contributed by atoms with Crippen molar-refractivity contribution in [3.63, 3.8) is 0 Å². The Balaban J connectivity index is 2.43. The predicted molar refractivity (Wildman–Crippen MR) is 77.1 cm³/mol. The lowest BCUT2D eigenvalue weighted by atomic mass is 10.1. The van der Waals surface area contributed by atoms with Crippen molar-refractivity contribution in [2.24, 2.45) is 0 Å². The van der Waals surface area contributed by atoms with Gasteiger partial charge >= 0.3 is 0 Å². The summed E-state index contributed by atoms with van der Waals surface area (Å²) < 4.78 is 0. The molecule has 0 aromatic heterocycles. The zero-order valence-corrected chi connectivity index (χ0v) is 11.8. The molecule has 19 heavy (non-hydrogen) atoms. The zero-order valence-electron chi connectivity index (χ0n) is 11.8. The van der Waals surface area contributed by atoms with E-state index in [-0.39, 0.29) is 11.7 Å². The van der Waals surface area contributed by atoms with Crippen LogP contribution in [0.1, 0.15) is 5.56 Å². The van der Waals surface area contributed by atoms with E-state index in [1.807, 2.05) is 37.2 Å². The van der Waals surface area contributed by atoms with Gasteiger partial charge in [-0.25, -0.2) is 0 Å². The molecule has 1 aromatic rings. The fourth-order valence-corrected chi connectivity index (χ4v) is 1.61. The van der Waals surface area contributed by atoms with Crippen molar-refractivity contribution in [1.82, 2.24) is 9.80 Å². The summed E-state index contributed by atoms with van der Waals surface area (Å²) in [6, 6.07) is 7.20. The monoisotopic (exact) mass is 262 g/mol. The number of hydrogen-bond donors (Lipinski definition) is 1. The Morgan fingerprint density at radius 1 is 1.26 bits per heavy atom. The Morgan fingerprint density at radius 3 is 2.58 bits per heavy atom. The summed E-state index contributed by atoms with van der Waals surface area (Å²) in [5, 5.41) is 9.64. The van der Waals surface area contributed by atoms with Gasteiger partial charge in [-0.2, -0.15) is 0 Å². The highest BCUT2D eigenvalue weighted by Gasteiger charge is 2.06. The number of para-hydroxylation sites is 1. The maximum absolute atomic E-state index is 11.8. The largest absolute Gasteiger partial charge is 0.508 e. The van der Waals surface area contributed by atoms with Crippen LogP contribution in [0.15, 0.2) is 36.4 Å². The molecule has 1 amide bonds. The second-order valence-corrected chi connectivity index (χ2v) is 4.80. The molecule has 0 bridgehead atoms. The Labute approximate surface area is 115 Å². The van der Waals surface area contributed by atoms with Crippen molar-refractivity contribution in [1.29, 1.82) is 0 Å². The summed E-state index contributed by atoms with van der Waals surface area (Å²) in [5.74, 6) is 0.267. The lowest BCUT2D eigenvalue weighted by molar-refractivity contribution is -0.124. The SMILES string of the molecule is CN(C)C/C=C/C(=O)N(C)CCc1ccccc1O. The number of rotatable bonds is 6. The van der Waals surface area contributed by atoms with E-state index < -0.39 is 0 Å². The maximum atomic E-state index is 11.8. The highest BCUT2D eigenvalue weighted by Crippen LogP contribution is 2.16. The molecular formula is C15H22N2O2. The number of nitrogens with zero attached hydrogens (tertiary/aromatic N) is 2. The molecule has 0 spiro atoms. The second kappa shape index (κ2) is 7.59. The molecule has 0 aliphatic carbocycles. The summed E-state index contributed by atoms with van der Waals surface area (Å²) in [7, 11) is 5.68. The van der Waals surface area contributed by atoms with Gasteiger partial charge in [-0.05, 0) is 32.1 Å². The van der Waals surface area contributed by atoms with Crippen LogP contribution >= 0.6 is 0 Å². The third-order valence-electron chi connectivity index (χ3n) is 2.82.